The van der Waals surface area contributed by atoms with E-state index in [4.69, 9.17) is 12.2 Å². The van der Waals surface area contributed by atoms with Gasteiger partial charge in [0.15, 0.2) is 3.95 Å². The summed E-state index contributed by atoms with van der Waals surface area (Å²) in [6, 6.07) is 10.2. The van der Waals surface area contributed by atoms with E-state index in [0.717, 1.165) is 71.8 Å². The molecule has 4 rings (SSSR count). The number of thiazole rings is 1. The van der Waals surface area contributed by atoms with Crippen molar-refractivity contribution in [1.29, 1.82) is 0 Å². The molecule has 2 amide bonds. The molecule has 0 spiro atoms. The smallest absolute Gasteiger partial charge is 0.242 e. The van der Waals surface area contributed by atoms with Crippen LogP contribution in [0.5, 0.6) is 0 Å². The van der Waals surface area contributed by atoms with Crippen molar-refractivity contribution in [3.8, 4) is 10.4 Å². The van der Waals surface area contributed by atoms with Crippen molar-refractivity contribution < 1.29 is 9.59 Å². The molecule has 7 heteroatoms. The Balaban J connectivity index is 1.79. The summed E-state index contributed by atoms with van der Waals surface area (Å²) in [4.78, 5) is 31.6. The van der Waals surface area contributed by atoms with Gasteiger partial charge in [-0.3, -0.25) is 14.5 Å². The van der Waals surface area contributed by atoms with E-state index in [1.165, 1.54) is 0 Å². The topological polar surface area (TPSA) is 45.6 Å². The number of hydrogen-bond acceptors (Lipinski definition) is 4. The Morgan fingerprint density at radius 3 is 2.48 bits per heavy atom. The molecule has 5 nitrogen and oxygen atoms in total. The Labute approximate surface area is 193 Å². The second-order valence-electron chi connectivity index (χ2n) is 8.52. The Morgan fingerprint density at radius 1 is 1.13 bits per heavy atom. The lowest BCUT2D eigenvalue weighted by Crippen LogP contribution is -2.51. The number of aromatic nitrogens is 1. The van der Waals surface area contributed by atoms with Crippen LogP contribution in [0.2, 0.25) is 0 Å². The van der Waals surface area contributed by atoms with Crippen molar-refractivity contribution in [2.45, 2.75) is 58.4 Å². The average molecular weight is 458 g/mol. The number of anilines is 1. The van der Waals surface area contributed by atoms with Gasteiger partial charge in [-0.2, -0.15) is 0 Å². The van der Waals surface area contributed by atoms with Crippen molar-refractivity contribution in [2.75, 3.05) is 24.5 Å². The van der Waals surface area contributed by atoms with Crippen LogP contribution in [0.3, 0.4) is 0 Å². The lowest BCUT2D eigenvalue weighted by molar-refractivity contribution is -0.133. The van der Waals surface area contributed by atoms with Gasteiger partial charge in [0, 0.05) is 19.1 Å². The molecule has 2 unspecified atom stereocenters. The first-order valence-electron chi connectivity index (χ1n) is 11.5. The van der Waals surface area contributed by atoms with Crippen molar-refractivity contribution in [3.63, 3.8) is 0 Å². The Hall–Kier alpha value is -1.99. The molecule has 166 valence electrons. The molecule has 2 atom stereocenters. The predicted octanol–water partition coefficient (Wildman–Crippen LogP) is 5.67. The van der Waals surface area contributed by atoms with E-state index in [2.05, 4.69) is 30.5 Å². The van der Waals surface area contributed by atoms with Gasteiger partial charge in [0.2, 0.25) is 11.8 Å². The molecule has 2 aliphatic rings. The summed E-state index contributed by atoms with van der Waals surface area (Å²) in [5.74, 6) is 0.866. The van der Waals surface area contributed by atoms with Gasteiger partial charge < -0.3 is 9.47 Å². The number of carbonyl (C=O) groups is 2. The van der Waals surface area contributed by atoms with Crippen LogP contribution in [0.15, 0.2) is 30.3 Å². The van der Waals surface area contributed by atoms with E-state index in [-0.39, 0.29) is 30.3 Å². The molecule has 2 heterocycles. The van der Waals surface area contributed by atoms with Gasteiger partial charge in [0.25, 0.3) is 0 Å². The number of hydrogen-bond donors (Lipinski definition) is 0. The maximum Gasteiger partial charge on any atom is 0.242 e. The Kier molecular flexibility index (Phi) is 6.92. The summed E-state index contributed by atoms with van der Waals surface area (Å²) in [6.07, 6.45) is 5.85. The molecule has 2 aromatic rings. The van der Waals surface area contributed by atoms with E-state index in [9.17, 15) is 9.59 Å². The van der Waals surface area contributed by atoms with Crippen LogP contribution in [0.1, 0.15) is 58.4 Å². The second-order valence-corrected chi connectivity index (χ2v) is 10.2. The summed E-state index contributed by atoms with van der Waals surface area (Å²) in [6.45, 7) is 5.70. The minimum atomic E-state index is -0.0789. The molecule has 0 saturated heterocycles. The van der Waals surface area contributed by atoms with Crippen molar-refractivity contribution in [3.05, 3.63) is 34.3 Å². The molecule has 0 N–H and O–H groups in total. The summed E-state index contributed by atoms with van der Waals surface area (Å²) in [5, 5.41) is 0. The SMILES string of the molecule is CCCN(CCC)C(=O)CN1C(=O)C2CCCCC2n2c1c(-c1ccccc1)sc2=S. The standard InChI is InChI=1S/C24H31N3O2S2/c1-3-14-25(15-4-2)20(28)16-26-22-21(17-10-6-5-7-11-17)31-24(30)27(22)19-13-9-8-12-18(19)23(26)29/h5-7,10-11,18-19H,3-4,8-9,12-16H2,1-2H3. The zero-order valence-corrected chi connectivity index (χ0v) is 20.0. The molecule has 1 aromatic heterocycles. The van der Waals surface area contributed by atoms with E-state index >= 15 is 0 Å². The molecule has 1 aromatic carbocycles. The Morgan fingerprint density at radius 2 is 1.81 bits per heavy atom. The fourth-order valence-electron chi connectivity index (χ4n) is 5.00. The largest absolute Gasteiger partial charge is 0.341 e. The number of amides is 2. The van der Waals surface area contributed by atoms with Gasteiger partial charge in [0.05, 0.1) is 10.8 Å². The number of rotatable bonds is 7. The fraction of sp³-hybridized carbons (Fsp3) is 0.542. The van der Waals surface area contributed by atoms with Crippen LogP contribution in [-0.4, -0.2) is 40.9 Å². The molecule has 1 fully saturated rings. The maximum atomic E-state index is 13.7. The van der Waals surface area contributed by atoms with Gasteiger partial charge in [-0.15, -0.1) is 11.3 Å². The van der Waals surface area contributed by atoms with Gasteiger partial charge >= 0.3 is 0 Å². The third kappa shape index (κ3) is 4.22. The fourth-order valence-corrected chi connectivity index (χ4v) is 6.52. The first kappa shape index (κ1) is 22.2. The van der Waals surface area contributed by atoms with Crippen LogP contribution in [0.25, 0.3) is 10.4 Å². The summed E-state index contributed by atoms with van der Waals surface area (Å²) < 4.78 is 3.00. The highest BCUT2D eigenvalue weighted by Gasteiger charge is 2.44. The monoisotopic (exact) mass is 457 g/mol. The molecular weight excluding hydrogens is 426 g/mol. The van der Waals surface area contributed by atoms with Crippen LogP contribution in [-0.2, 0) is 9.59 Å². The lowest BCUT2D eigenvalue weighted by Gasteiger charge is -2.42. The molecule has 1 aliphatic carbocycles. The number of nitrogens with zero attached hydrogens (tertiary/aromatic N) is 3. The Bertz CT molecular complexity index is 992. The molecule has 31 heavy (non-hydrogen) atoms. The van der Waals surface area contributed by atoms with Gasteiger partial charge in [-0.25, -0.2) is 0 Å². The van der Waals surface area contributed by atoms with Crippen LogP contribution in [0, 0.1) is 9.87 Å². The highest BCUT2D eigenvalue weighted by molar-refractivity contribution is 7.73. The highest BCUT2D eigenvalue weighted by atomic mass is 32.1. The van der Waals surface area contributed by atoms with Crippen molar-refractivity contribution >= 4 is 41.2 Å². The van der Waals surface area contributed by atoms with Gasteiger partial charge in [0.1, 0.15) is 12.4 Å². The molecule has 0 bridgehead atoms. The van der Waals surface area contributed by atoms with Gasteiger partial charge in [-0.05, 0) is 43.5 Å². The quantitative estimate of drug-likeness (QED) is 0.503. The number of carbonyl (C=O) groups excluding carboxylic acids is 2. The van der Waals surface area contributed by atoms with Crippen molar-refractivity contribution in [2.24, 2.45) is 5.92 Å². The highest BCUT2D eigenvalue weighted by Crippen LogP contribution is 2.48. The van der Waals surface area contributed by atoms with Crippen LogP contribution < -0.4 is 4.90 Å². The first-order valence-corrected chi connectivity index (χ1v) is 12.7. The van der Waals surface area contributed by atoms with E-state index in [1.807, 2.05) is 23.1 Å². The third-order valence-corrected chi connectivity index (χ3v) is 7.83. The molecule has 1 saturated carbocycles. The van der Waals surface area contributed by atoms with Crippen LogP contribution >= 0.6 is 23.6 Å². The normalized spacial score (nSPS) is 20.3. The molecule has 1 aliphatic heterocycles. The molecular formula is C24H31N3O2S2. The van der Waals surface area contributed by atoms with Crippen molar-refractivity contribution in [1.82, 2.24) is 9.47 Å². The average Bonchev–Trinajstić information content (AvgIpc) is 3.14. The minimum absolute atomic E-state index is 0.0222. The summed E-state index contributed by atoms with van der Waals surface area (Å²) in [7, 11) is 0. The lowest BCUT2D eigenvalue weighted by atomic mass is 9.82. The van der Waals surface area contributed by atoms with E-state index in [0.29, 0.717) is 0 Å². The zero-order valence-electron chi connectivity index (χ0n) is 18.4. The first-order chi connectivity index (χ1) is 15.1. The van der Waals surface area contributed by atoms with Gasteiger partial charge in [-0.1, -0.05) is 57.0 Å². The minimum Gasteiger partial charge on any atom is -0.341 e. The van der Waals surface area contributed by atoms with E-state index in [1.54, 1.807) is 16.2 Å². The predicted molar refractivity (Wildman–Crippen MR) is 129 cm³/mol. The van der Waals surface area contributed by atoms with E-state index < -0.39 is 0 Å². The number of benzene rings is 1. The third-order valence-electron chi connectivity index (χ3n) is 6.39. The second kappa shape index (κ2) is 9.65. The van der Waals surface area contributed by atoms with Crippen LogP contribution in [0.4, 0.5) is 5.82 Å². The summed E-state index contributed by atoms with van der Waals surface area (Å²) >= 11 is 7.38. The maximum absolute atomic E-state index is 13.7. The molecule has 0 radical (unpaired) electrons. The zero-order chi connectivity index (χ0) is 22.0. The number of fused-ring (bicyclic) bond motifs is 3. The summed E-state index contributed by atoms with van der Waals surface area (Å²) in [5.41, 5.74) is 1.05.